The number of hydrogen-bond acceptors (Lipinski definition) is 2. The standard InChI is InChI=1S/C13H20O2/c1-3-5-6-7-8-13(4-2)10-9-15-12(14)11(10)13/h4,10-11H,2-3,5-9H2,1H3/t10-,11-,13+/m1/s1. The van der Waals surface area contributed by atoms with Gasteiger partial charge in [0.1, 0.15) is 0 Å². The Hall–Kier alpha value is -0.790. The van der Waals surface area contributed by atoms with Crippen LogP contribution in [0.4, 0.5) is 0 Å². The normalized spacial score (nSPS) is 37.3. The molecular weight excluding hydrogens is 188 g/mol. The summed E-state index contributed by atoms with van der Waals surface area (Å²) in [5.41, 5.74) is 0.114. The lowest BCUT2D eigenvalue weighted by Crippen LogP contribution is -2.14. The topological polar surface area (TPSA) is 26.3 Å². The monoisotopic (exact) mass is 208 g/mol. The first-order chi connectivity index (χ1) is 7.26. The molecule has 3 atom stereocenters. The molecule has 1 saturated carbocycles. The van der Waals surface area contributed by atoms with Crippen molar-refractivity contribution >= 4 is 5.97 Å². The Bertz CT molecular complexity index is 272. The van der Waals surface area contributed by atoms with Gasteiger partial charge >= 0.3 is 5.97 Å². The van der Waals surface area contributed by atoms with Gasteiger partial charge in [-0.1, -0.05) is 38.7 Å². The van der Waals surface area contributed by atoms with Crippen LogP contribution in [0.15, 0.2) is 12.7 Å². The summed E-state index contributed by atoms with van der Waals surface area (Å²) in [4.78, 5) is 11.4. The minimum absolute atomic E-state index is 0.00962. The number of fused-ring (bicyclic) bond motifs is 1. The summed E-state index contributed by atoms with van der Waals surface area (Å²) in [5, 5.41) is 0. The predicted molar refractivity (Wildman–Crippen MR) is 59.3 cm³/mol. The number of rotatable bonds is 6. The molecule has 0 spiro atoms. The van der Waals surface area contributed by atoms with Crippen LogP contribution in [0.3, 0.4) is 0 Å². The van der Waals surface area contributed by atoms with Crippen molar-refractivity contribution in [2.45, 2.75) is 39.0 Å². The van der Waals surface area contributed by atoms with E-state index in [4.69, 9.17) is 4.74 Å². The van der Waals surface area contributed by atoms with Crippen molar-refractivity contribution in [1.29, 1.82) is 0 Å². The zero-order chi connectivity index (χ0) is 10.9. The van der Waals surface area contributed by atoms with Crippen molar-refractivity contribution in [3.05, 3.63) is 12.7 Å². The van der Waals surface area contributed by atoms with E-state index in [1.165, 1.54) is 25.7 Å². The van der Waals surface area contributed by atoms with Crippen molar-refractivity contribution in [1.82, 2.24) is 0 Å². The lowest BCUT2D eigenvalue weighted by molar-refractivity contribution is -0.142. The van der Waals surface area contributed by atoms with Crippen LogP contribution in [0.25, 0.3) is 0 Å². The van der Waals surface area contributed by atoms with Crippen LogP contribution in [0, 0.1) is 17.3 Å². The van der Waals surface area contributed by atoms with Crippen LogP contribution in [0.2, 0.25) is 0 Å². The largest absolute Gasteiger partial charge is 0.465 e. The number of ether oxygens (including phenoxy) is 1. The molecule has 15 heavy (non-hydrogen) atoms. The van der Waals surface area contributed by atoms with E-state index in [9.17, 15) is 4.79 Å². The highest BCUT2D eigenvalue weighted by atomic mass is 16.5. The Balaban J connectivity index is 1.84. The Morgan fingerprint density at radius 2 is 2.33 bits per heavy atom. The van der Waals surface area contributed by atoms with E-state index in [1.54, 1.807) is 0 Å². The molecule has 1 heterocycles. The predicted octanol–water partition coefficient (Wildman–Crippen LogP) is 2.93. The molecule has 0 radical (unpaired) electrons. The number of carbonyl (C=O) groups is 1. The van der Waals surface area contributed by atoms with Gasteiger partial charge in [0.15, 0.2) is 0 Å². The summed E-state index contributed by atoms with van der Waals surface area (Å²) in [6.07, 6.45) is 8.19. The zero-order valence-corrected chi connectivity index (χ0v) is 9.50. The zero-order valence-electron chi connectivity index (χ0n) is 9.50. The molecule has 84 valence electrons. The average molecular weight is 208 g/mol. The summed E-state index contributed by atoms with van der Waals surface area (Å²) in [6, 6.07) is 0. The van der Waals surface area contributed by atoms with Crippen molar-refractivity contribution in [2.75, 3.05) is 6.61 Å². The van der Waals surface area contributed by atoms with Crippen LogP contribution in [0.5, 0.6) is 0 Å². The molecule has 0 amide bonds. The molecule has 1 aliphatic carbocycles. The Labute approximate surface area is 91.7 Å². The second-order valence-electron chi connectivity index (χ2n) is 4.84. The van der Waals surface area contributed by atoms with Gasteiger partial charge in [0.05, 0.1) is 12.5 Å². The fourth-order valence-corrected chi connectivity index (χ4v) is 3.02. The van der Waals surface area contributed by atoms with Crippen LogP contribution >= 0.6 is 0 Å². The third kappa shape index (κ3) is 1.60. The SMILES string of the molecule is C=C[C@]1(CCCCCC)[C@@H]2COC(=O)[C@@H]21. The van der Waals surface area contributed by atoms with Gasteiger partial charge in [0.2, 0.25) is 0 Å². The number of carbonyl (C=O) groups excluding carboxylic acids is 1. The summed E-state index contributed by atoms with van der Waals surface area (Å²) in [5.74, 6) is 0.608. The molecular formula is C13H20O2. The van der Waals surface area contributed by atoms with E-state index < -0.39 is 0 Å². The van der Waals surface area contributed by atoms with Crippen molar-refractivity contribution in [2.24, 2.45) is 17.3 Å². The molecule has 2 fully saturated rings. The molecule has 0 aromatic carbocycles. The minimum atomic E-state index is 0.00962. The highest BCUT2D eigenvalue weighted by Crippen LogP contribution is 2.65. The maximum atomic E-state index is 11.4. The molecule has 0 unspecified atom stereocenters. The molecule has 2 nitrogen and oxygen atoms in total. The van der Waals surface area contributed by atoms with E-state index in [-0.39, 0.29) is 17.3 Å². The molecule has 2 aliphatic rings. The van der Waals surface area contributed by atoms with E-state index in [0.29, 0.717) is 12.5 Å². The minimum Gasteiger partial charge on any atom is -0.465 e. The fourth-order valence-electron chi connectivity index (χ4n) is 3.02. The van der Waals surface area contributed by atoms with Gasteiger partial charge in [-0.15, -0.1) is 6.58 Å². The first-order valence-corrected chi connectivity index (χ1v) is 6.06. The second kappa shape index (κ2) is 3.99. The van der Waals surface area contributed by atoms with Crippen molar-refractivity contribution < 1.29 is 9.53 Å². The molecule has 0 aromatic rings. The first-order valence-electron chi connectivity index (χ1n) is 6.06. The van der Waals surface area contributed by atoms with Crippen LogP contribution in [-0.2, 0) is 9.53 Å². The summed E-state index contributed by atoms with van der Waals surface area (Å²) < 4.78 is 5.01. The van der Waals surface area contributed by atoms with Gasteiger partial charge in [-0.2, -0.15) is 0 Å². The van der Waals surface area contributed by atoms with E-state index in [2.05, 4.69) is 13.5 Å². The summed E-state index contributed by atoms with van der Waals surface area (Å²) in [7, 11) is 0. The molecule has 1 aliphatic heterocycles. The number of cyclic esters (lactones) is 1. The molecule has 0 bridgehead atoms. The Morgan fingerprint density at radius 1 is 1.53 bits per heavy atom. The van der Waals surface area contributed by atoms with Gasteiger partial charge in [-0.3, -0.25) is 4.79 Å². The van der Waals surface area contributed by atoms with Crippen LogP contribution < -0.4 is 0 Å². The molecule has 2 heteroatoms. The number of hydrogen-bond donors (Lipinski definition) is 0. The molecule has 2 rings (SSSR count). The average Bonchev–Trinajstić information content (AvgIpc) is 2.72. The first kappa shape index (κ1) is 10.7. The Morgan fingerprint density at radius 3 is 2.87 bits per heavy atom. The number of unbranched alkanes of at least 4 members (excludes halogenated alkanes) is 3. The number of esters is 1. The van der Waals surface area contributed by atoms with E-state index in [0.717, 1.165) is 6.42 Å². The summed E-state index contributed by atoms with van der Waals surface area (Å²) in [6.45, 7) is 6.75. The lowest BCUT2D eigenvalue weighted by Gasteiger charge is -2.15. The number of allylic oxidation sites excluding steroid dienone is 1. The van der Waals surface area contributed by atoms with Gasteiger partial charge < -0.3 is 4.74 Å². The highest BCUT2D eigenvalue weighted by molar-refractivity contribution is 5.81. The third-order valence-corrected chi connectivity index (χ3v) is 4.07. The fraction of sp³-hybridized carbons (Fsp3) is 0.769. The van der Waals surface area contributed by atoms with Gasteiger partial charge in [0, 0.05) is 11.3 Å². The molecule has 0 N–H and O–H groups in total. The second-order valence-corrected chi connectivity index (χ2v) is 4.84. The van der Waals surface area contributed by atoms with Crippen molar-refractivity contribution in [3.8, 4) is 0 Å². The van der Waals surface area contributed by atoms with Gasteiger partial charge in [0.25, 0.3) is 0 Å². The van der Waals surface area contributed by atoms with Crippen LogP contribution in [-0.4, -0.2) is 12.6 Å². The van der Waals surface area contributed by atoms with E-state index in [1.807, 2.05) is 6.08 Å². The lowest BCUT2D eigenvalue weighted by atomic mass is 9.93. The van der Waals surface area contributed by atoms with E-state index >= 15 is 0 Å². The molecule has 1 saturated heterocycles. The smallest absolute Gasteiger partial charge is 0.310 e. The maximum absolute atomic E-state index is 11.4. The van der Waals surface area contributed by atoms with Gasteiger partial charge in [-0.05, 0) is 6.42 Å². The Kier molecular flexibility index (Phi) is 2.85. The maximum Gasteiger partial charge on any atom is 0.310 e. The molecule has 0 aromatic heterocycles. The third-order valence-electron chi connectivity index (χ3n) is 4.07. The highest BCUT2D eigenvalue weighted by Gasteiger charge is 2.70. The van der Waals surface area contributed by atoms with Crippen molar-refractivity contribution in [3.63, 3.8) is 0 Å². The summed E-state index contributed by atoms with van der Waals surface area (Å²) >= 11 is 0. The quantitative estimate of drug-likeness (QED) is 0.381. The van der Waals surface area contributed by atoms with Crippen LogP contribution in [0.1, 0.15) is 39.0 Å². The van der Waals surface area contributed by atoms with Gasteiger partial charge in [-0.25, -0.2) is 0 Å².